The van der Waals surface area contributed by atoms with Crippen molar-refractivity contribution in [2.45, 2.75) is 0 Å². The molecule has 0 amide bonds. The Kier molecular flexibility index (Phi) is 6.27. The van der Waals surface area contributed by atoms with Crippen LogP contribution in [0.2, 0.25) is 0 Å². The van der Waals surface area contributed by atoms with E-state index in [-0.39, 0.29) is 0 Å². The molecule has 28 heavy (non-hydrogen) atoms. The molecule has 0 saturated heterocycles. The molecule has 3 aromatic carbocycles. The number of nitrogens with two attached hydrogens (primary N) is 1. The second kappa shape index (κ2) is 8.85. The molecule has 0 atom stereocenters. The van der Waals surface area contributed by atoms with E-state index >= 15 is 0 Å². The lowest BCUT2D eigenvalue weighted by Gasteiger charge is -2.17. The van der Waals surface area contributed by atoms with Gasteiger partial charge in [-0.05, 0) is 24.3 Å². The molecule has 0 saturated carbocycles. The fraction of sp³-hybridized carbons (Fsp3) is 0. The molecule has 7 nitrogen and oxygen atoms in total. The van der Waals surface area contributed by atoms with Crippen LogP contribution in [-0.4, -0.2) is 9.97 Å². The van der Waals surface area contributed by atoms with E-state index in [1.807, 2.05) is 66.7 Å². The Hall–Kier alpha value is -2.91. The van der Waals surface area contributed by atoms with Crippen LogP contribution >= 0.6 is 0 Å². The zero-order valence-electron chi connectivity index (χ0n) is 14.6. The monoisotopic (exact) mass is 397 g/mol. The van der Waals surface area contributed by atoms with Gasteiger partial charge in [0.1, 0.15) is 5.69 Å². The molecule has 0 bridgehead atoms. The third-order valence-electron chi connectivity index (χ3n) is 3.77. The number of halogens is 1. The van der Waals surface area contributed by atoms with Gasteiger partial charge in [-0.3, -0.25) is 5.32 Å². The summed E-state index contributed by atoms with van der Waals surface area (Å²) in [4.78, 5) is 9.52. The summed E-state index contributed by atoms with van der Waals surface area (Å²) in [6.45, 7) is 0. The first-order valence-corrected chi connectivity index (χ1v) is 9.47. The lowest BCUT2D eigenvalue weighted by atomic mass is 10.2. The summed E-state index contributed by atoms with van der Waals surface area (Å²) in [7, 11) is -4.94. The summed E-state index contributed by atoms with van der Waals surface area (Å²) in [5.74, 6) is 1.70. The Morgan fingerprint density at radius 2 is 1.18 bits per heavy atom. The predicted octanol–water partition coefficient (Wildman–Crippen LogP) is -0.933. The van der Waals surface area contributed by atoms with Crippen LogP contribution in [0.25, 0.3) is 22.3 Å². The van der Waals surface area contributed by atoms with Crippen molar-refractivity contribution >= 4 is 22.4 Å². The maximum absolute atomic E-state index is 8.49. The third-order valence-corrected chi connectivity index (χ3v) is 3.77. The molecule has 4 rings (SSSR count). The van der Waals surface area contributed by atoms with Crippen LogP contribution in [0.4, 0.5) is 11.5 Å². The number of quaternary nitrogens is 1. The van der Waals surface area contributed by atoms with E-state index in [0.717, 1.165) is 33.8 Å². The van der Waals surface area contributed by atoms with Crippen molar-refractivity contribution in [1.29, 1.82) is 0 Å². The van der Waals surface area contributed by atoms with Crippen molar-refractivity contribution in [3.8, 4) is 11.4 Å². The quantitative estimate of drug-likeness (QED) is 0.443. The summed E-state index contributed by atoms with van der Waals surface area (Å²) in [5.41, 5.74) is 3.12. The van der Waals surface area contributed by atoms with E-state index < -0.39 is 10.2 Å². The van der Waals surface area contributed by atoms with Crippen LogP contribution in [0.3, 0.4) is 0 Å². The van der Waals surface area contributed by atoms with E-state index in [4.69, 9.17) is 28.6 Å². The second-order valence-electron chi connectivity index (χ2n) is 5.75. The highest BCUT2D eigenvalue weighted by Gasteiger charge is 2.12. The molecular weight excluding hydrogens is 382 g/mol. The Balaban J connectivity index is 0.000000403. The molecule has 1 aromatic heterocycles. The maximum atomic E-state index is 8.49. The number of fused-ring (bicyclic) bond motifs is 1. The predicted molar refractivity (Wildman–Crippen MR) is 92.7 cm³/mol. The van der Waals surface area contributed by atoms with Gasteiger partial charge in [-0.15, -0.1) is 10.2 Å². The van der Waals surface area contributed by atoms with Crippen LogP contribution in [0, 0.1) is 10.2 Å². The Bertz CT molecular complexity index is 1040. The van der Waals surface area contributed by atoms with Crippen molar-refractivity contribution in [3.63, 3.8) is 0 Å². The number of nitrogens with zero attached hydrogens (tertiary/aromatic N) is 2. The van der Waals surface area contributed by atoms with Gasteiger partial charge in [-0.25, -0.2) is 23.6 Å². The second-order valence-corrected chi connectivity index (χ2v) is 6.50. The van der Waals surface area contributed by atoms with Crippen molar-refractivity contribution in [3.05, 3.63) is 84.9 Å². The molecule has 2 N–H and O–H groups in total. The number of aromatic nitrogens is 2. The first-order valence-electron chi connectivity index (χ1n) is 8.24. The van der Waals surface area contributed by atoms with Crippen molar-refractivity contribution < 1.29 is 34.2 Å². The van der Waals surface area contributed by atoms with E-state index in [9.17, 15) is 0 Å². The Labute approximate surface area is 163 Å². The number of hydrogen-bond donors (Lipinski definition) is 1. The Morgan fingerprint density at radius 3 is 1.82 bits per heavy atom. The van der Waals surface area contributed by atoms with Gasteiger partial charge in [0.2, 0.25) is 5.82 Å². The topological polar surface area (TPSA) is 135 Å². The zero-order valence-corrected chi connectivity index (χ0v) is 15.3. The van der Waals surface area contributed by atoms with Gasteiger partial charge in [-0.1, -0.05) is 60.7 Å². The number of para-hydroxylation sites is 2. The molecule has 1 heterocycles. The average molecular weight is 398 g/mol. The third kappa shape index (κ3) is 5.80. The van der Waals surface area contributed by atoms with Crippen molar-refractivity contribution in [1.82, 2.24) is 9.97 Å². The molecule has 4 aromatic rings. The molecule has 0 aliphatic carbocycles. The van der Waals surface area contributed by atoms with Crippen molar-refractivity contribution in [2.75, 3.05) is 0 Å². The minimum Gasteiger partial charge on any atom is -0.264 e. The lowest BCUT2D eigenvalue weighted by molar-refractivity contribution is -2.00. The highest BCUT2D eigenvalue weighted by Crippen LogP contribution is 2.22. The van der Waals surface area contributed by atoms with E-state index in [1.54, 1.807) is 0 Å². The van der Waals surface area contributed by atoms with E-state index in [1.165, 1.54) is 0 Å². The SMILES string of the molecule is [O-][Cl+3]([O-])([O-])[O-].c1ccc([NH2+]c2nc(-c3ccccc3)nc3ccccc23)cc1. The van der Waals surface area contributed by atoms with Gasteiger partial charge in [0.15, 0.2) is 5.82 Å². The number of benzene rings is 3. The summed E-state index contributed by atoms with van der Waals surface area (Å²) >= 11 is 0. The molecule has 0 aliphatic rings. The summed E-state index contributed by atoms with van der Waals surface area (Å²) in [6, 6.07) is 28.5. The normalized spacial score (nSPS) is 11.0. The summed E-state index contributed by atoms with van der Waals surface area (Å²) in [6.07, 6.45) is 0. The Morgan fingerprint density at radius 1 is 0.643 bits per heavy atom. The fourth-order valence-electron chi connectivity index (χ4n) is 2.63. The number of hydrogen-bond acceptors (Lipinski definition) is 6. The first kappa shape index (κ1) is 19.8. The first-order chi connectivity index (χ1) is 13.4. The molecule has 8 heteroatoms. The van der Waals surface area contributed by atoms with Gasteiger partial charge in [0.05, 0.1) is 10.9 Å². The largest absolute Gasteiger partial charge is 0.264 e. The van der Waals surface area contributed by atoms with Crippen LogP contribution in [0.5, 0.6) is 0 Å². The van der Waals surface area contributed by atoms with Gasteiger partial charge >= 0.3 is 0 Å². The highest BCUT2D eigenvalue weighted by atomic mass is 35.7. The lowest BCUT2D eigenvalue weighted by Crippen LogP contribution is -2.71. The fourth-order valence-corrected chi connectivity index (χ4v) is 2.63. The molecule has 0 spiro atoms. The minimum atomic E-state index is -4.94. The van der Waals surface area contributed by atoms with Gasteiger partial charge in [-0.2, -0.15) is 4.98 Å². The minimum absolute atomic E-state index is 0.756. The number of rotatable bonds is 3. The molecule has 0 aliphatic heterocycles. The van der Waals surface area contributed by atoms with Crippen LogP contribution in [0.15, 0.2) is 84.9 Å². The van der Waals surface area contributed by atoms with E-state index in [0.29, 0.717) is 0 Å². The van der Waals surface area contributed by atoms with Gasteiger partial charge in [0, 0.05) is 5.56 Å². The maximum Gasteiger partial charge on any atom is 0.240 e. The zero-order chi connectivity index (χ0) is 20.0. The van der Waals surface area contributed by atoms with Crippen LogP contribution < -0.4 is 24.0 Å². The molecule has 0 radical (unpaired) electrons. The van der Waals surface area contributed by atoms with Crippen LogP contribution in [-0.2, 0) is 0 Å². The smallest absolute Gasteiger partial charge is 0.240 e. The highest BCUT2D eigenvalue weighted by molar-refractivity contribution is 5.87. The van der Waals surface area contributed by atoms with Gasteiger partial charge in [0.25, 0.3) is 0 Å². The summed E-state index contributed by atoms with van der Waals surface area (Å²) in [5, 5.41) is 3.17. The van der Waals surface area contributed by atoms with Crippen LogP contribution in [0.1, 0.15) is 0 Å². The van der Waals surface area contributed by atoms with Crippen molar-refractivity contribution in [2.24, 2.45) is 0 Å². The van der Waals surface area contributed by atoms with E-state index in [2.05, 4.69) is 23.5 Å². The van der Waals surface area contributed by atoms with Gasteiger partial charge < -0.3 is 0 Å². The standard InChI is InChI=1S/C20H15N3.ClHO4/c1-3-9-15(10-4-1)19-22-18-14-8-7-13-17(18)20(23-19)21-16-11-5-2-6-12-16;2-1(3,4)5/h1-14H,(H,21,22,23);(H,2,3,4,5). The average Bonchev–Trinajstić information content (AvgIpc) is 2.68. The summed E-state index contributed by atoms with van der Waals surface area (Å²) < 4.78 is 34.0. The molecule has 0 fully saturated rings. The molecular formula is C20H16ClN3O4. The molecule has 142 valence electrons. The molecule has 0 unspecified atom stereocenters.